The summed E-state index contributed by atoms with van der Waals surface area (Å²) in [6.45, 7) is 1.94. The van der Waals surface area contributed by atoms with Gasteiger partial charge in [-0.15, -0.1) is 0 Å². The van der Waals surface area contributed by atoms with Crippen LogP contribution in [0.25, 0.3) is 5.69 Å². The molecule has 3 rings (SSSR count). The Morgan fingerprint density at radius 2 is 1.83 bits per heavy atom. The van der Waals surface area contributed by atoms with E-state index in [0.29, 0.717) is 12.2 Å². The van der Waals surface area contributed by atoms with Crippen molar-refractivity contribution in [2.45, 2.75) is 13.3 Å². The Morgan fingerprint density at radius 3 is 2.50 bits per heavy atom. The molecule has 0 radical (unpaired) electrons. The van der Waals surface area contributed by atoms with Crippen LogP contribution in [0.15, 0.2) is 53.3 Å². The largest absolute Gasteiger partial charge is 0.504 e. The average molecular weight is 324 g/mol. The van der Waals surface area contributed by atoms with E-state index in [0.717, 1.165) is 22.5 Å². The molecule has 0 unspecified atom stereocenters. The Balaban J connectivity index is 2.06. The minimum absolute atomic E-state index is 0.0340. The molecule has 0 aliphatic heterocycles. The number of para-hydroxylation sites is 1. The molecule has 0 spiro atoms. The van der Waals surface area contributed by atoms with Gasteiger partial charge in [-0.1, -0.05) is 24.3 Å². The number of hydrogen-bond donors (Lipinski definition) is 1. The molecule has 3 aromatic rings. The van der Waals surface area contributed by atoms with Gasteiger partial charge in [0.2, 0.25) is 0 Å². The Bertz CT molecular complexity index is 924. The Hall–Kier alpha value is -2.95. The van der Waals surface area contributed by atoms with Gasteiger partial charge in [-0.3, -0.25) is 9.48 Å². The summed E-state index contributed by atoms with van der Waals surface area (Å²) in [7, 11) is 3.39. The minimum Gasteiger partial charge on any atom is -0.504 e. The molecule has 0 saturated heterocycles. The molecule has 0 amide bonds. The van der Waals surface area contributed by atoms with Gasteiger partial charge in [-0.2, -0.15) is 0 Å². The fourth-order valence-electron chi connectivity index (χ4n) is 2.86. The van der Waals surface area contributed by atoms with Crippen molar-refractivity contribution in [1.29, 1.82) is 0 Å². The minimum atomic E-state index is -0.0340. The zero-order valence-corrected chi connectivity index (χ0v) is 14.0. The lowest BCUT2D eigenvalue weighted by Crippen LogP contribution is -2.21. The molecular formula is C19H20N2O3. The van der Waals surface area contributed by atoms with E-state index in [9.17, 15) is 9.90 Å². The first-order chi connectivity index (χ1) is 11.5. The van der Waals surface area contributed by atoms with Crippen molar-refractivity contribution in [1.82, 2.24) is 9.36 Å². The van der Waals surface area contributed by atoms with E-state index < -0.39 is 0 Å². The summed E-state index contributed by atoms with van der Waals surface area (Å²) in [5.41, 5.74) is 3.36. The van der Waals surface area contributed by atoms with Crippen LogP contribution >= 0.6 is 0 Å². The third kappa shape index (κ3) is 2.69. The van der Waals surface area contributed by atoms with Crippen molar-refractivity contribution >= 4 is 0 Å². The molecule has 0 fully saturated rings. The van der Waals surface area contributed by atoms with Crippen molar-refractivity contribution in [3.63, 3.8) is 0 Å². The third-order valence-electron chi connectivity index (χ3n) is 4.30. The zero-order valence-electron chi connectivity index (χ0n) is 14.0. The molecule has 124 valence electrons. The molecule has 24 heavy (non-hydrogen) atoms. The van der Waals surface area contributed by atoms with Crippen LogP contribution in [0, 0.1) is 6.92 Å². The lowest BCUT2D eigenvalue weighted by Gasteiger charge is -2.07. The highest BCUT2D eigenvalue weighted by atomic mass is 16.5. The fourth-order valence-corrected chi connectivity index (χ4v) is 2.86. The van der Waals surface area contributed by atoms with Gasteiger partial charge < -0.3 is 9.84 Å². The Kier molecular flexibility index (Phi) is 4.16. The predicted molar refractivity (Wildman–Crippen MR) is 93.2 cm³/mol. The molecule has 1 N–H and O–H groups in total. The molecule has 1 aromatic heterocycles. The monoisotopic (exact) mass is 324 g/mol. The standard InChI is InChI=1S/C19H20N2O3/c1-13-16(11-14-9-10-17(22)18(12-14)24-3)19(23)21(20(13)2)15-7-5-4-6-8-15/h4-10,12,22H,11H2,1-3H3. The number of aromatic nitrogens is 2. The number of phenols is 1. The normalized spacial score (nSPS) is 10.8. The van der Waals surface area contributed by atoms with Crippen LogP contribution in [-0.4, -0.2) is 21.6 Å². The topological polar surface area (TPSA) is 56.4 Å². The first kappa shape index (κ1) is 15.9. The maximum absolute atomic E-state index is 12.9. The van der Waals surface area contributed by atoms with Gasteiger partial charge in [-0.05, 0) is 36.8 Å². The second-order valence-electron chi connectivity index (χ2n) is 5.72. The van der Waals surface area contributed by atoms with Gasteiger partial charge in [0.15, 0.2) is 11.5 Å². The van der Waals surface area contributed by atoms with Crippen LogP contribution in [0.4, 0.5) is 0 Å². The lowest BCUT2D eigenvalue weighted by molar-refractivity contribution is 0.373. The number of ether oxygens (including phenoxy) is 1. The molecule has 5 heteroatoms. The predicted octanol–water partition coefficient (Wildman–Crippen LogP) is 2.79. The van der Waals surface area contributed by atoms with Gasteiger partial charge in [0.1, 0.15) is 0 Å². The third-order valence-corrected chi connectivity index (χ3v) is 4.30. The first-order valence-corrected chi connectivity index (χ1v) is 7.71. The van der Waals surface area contributed by atoms with Crippen molar-refractivity contribution in [2.24, 2.45) is 7.05 Å². The SMILES string of the molecule is COc1cc(Cc2c(C)n(C)n(-c3ccccc3)c2=O)ccc1O. The van der Waals surface area contributed by atoms with Gasteiger partial charge in [0, 0.05) is 24.7 Å². The highest BCUT2D eigenvalue weighted by Crippen LogP contribution is 2.27. The van der Waals surface area contributed by atoms with E-state index in [1.54, 1.807) is 22.9 Å². The average Bonchev–Trinajstić information content (AvgIpc) is 2.80. The number of benzene rings is 2. The summed E-state index contributed by atoms with van der Waals surface area (Å²) in [6.07, 6.45) is 0.481. The van der Waals surface area contributed by atoms with Crippen molar-refractivity contribution < 1.29 is 9.84 Å². The Labute approximate surface area is 140 Å². The molecule has 1 heterocycles. The van der Waals surface area contributed by atoms with Gasteiger partial charge in [-0.25, -0.2) is 4.68 Å². The highest BCUT2D eigenvalue weighted by molar-refractivity contribution is 5.44. The summed E-state index contributed by atoms with van der Waals surface area (Å²) < 4.78 is 8.68. The molecular weight excluding hydrogens is 304 g/mol. The van der Waals surface area contributed by atoms with Crippen molar-refractivity contribution in [3.8, 4) is 17.2 Å². The molecule has 2 aromatic carbocycles. The van der Waals surface area contributed by atoms with E-state index in [4.69, 9.17) is 4.74 Å². The van der Waals surface area contributed by atoms with Crippen LogP contribution in [0.2, 0.25) is 0 Å². The number of aromatic hydroxyl groups is 1. The van der Waals surface area contributed by atoms with E-state index >= 15 is 0 Å². The molecule has 0 aliphatic carbocycles. The van der Waals surface area contributed by atoms with Crippen LogP contribution in [0.5, 0.6) is 11.5 Å². The van der Waals surface area contributed by atoms with Crippen molar-refractivity contribution in [2.75, 3.05) is 7.11 Å². The lowest BCUT2D eigenvalue weighted by atomic mass is 10.1. The fraction of sp³-hybridized carbons (Fsp3) is 0.211. The van der Waals surface area contributed by atoms with Crippen LogP contribution in [0.3, 0.4) is 0 Å². The van der Waals surface area contributed by atoms with Crippen LogP contribution in [-0.2, 0) is 13.5 Å². The number of methoxy groups -OCH3 is 1. The highest BCUT2D eigenvalue weighted by Gasteiger charge is 2.16. The van der Waals surface area contributed by atoms with E-state index in [-0.39, 0.29) is 11.3 Å². The summed E-state index contributed by atoms with van der Waals surface area (Å²) in [5.74, 6) is 0.497. The number of hydrogen-bond acceptors (Lipinski definition) is 3. The van der Waals surface area contributed by atoms with E-state index in [1.807, 2.05) is 49.0 Å². The van der Waals surface area contributed by atoms with Crippen molar-refractivity contribution in [3.05, 3.63) is 75.7 Å². The maximum atomic E-state index is 12.9. The summed E-state index contributed by atoms with van der Waals surface area (Å²) >= 11 is 0. The Morgan fingerprint density at radius 1 is 1.12 bits per heavy atom. The van der Waals surface area contributed by atoms with Gasteiger partial charge in [0.25, 0.3) is 5.56 Å². The summed E-state index contributed by atoms with van der Waals surface area (Å²) in [4.78, 5) is 12.9. The number of nitrogens with zero attached hydrogens (tertiary/aromatic N) is 2. The second-order valence-corrected chi connectivity index (χ2v) is 5.72. The van der Waals surface area contributed by atoms with E-state index in [1.165, 1.54) is 7.11 Å². The molecule has 0 bridgehead atoms. The van der Waals surface area contributed by atoms with Crippen LogP contribution in [0.1, 0.15) is 16.8 Å². The maximum Gasteiger partial charge on any atom is 0.275 e. The zero-order chi connectivity index (χ0) is 17.3. The molecule has 0 saturated carbocycles. The van der Waals surface area contributed by atoms with Crippen LogP contribution < -0.4 is 10.3 Å². The summed E-state index contributed by atoms with van der Waals surface area (Å²) in [6, 6.07) is 14.7. The molecule has 5 nitrogen and oxygen atoms in total. The number of rotatable bonds is 4. The van der Waals surface area contributed by atoms with Gasteiger partial charge in [0.05, 0.1) is 12.8 Å². The van der Waals surface area contributed by atoms with Gasteiger partial charge >= 0.3 is 0 Å². The second kappa shape index (κ2) is 6.28. The quantitative estimate of drug-likeness (QED) is 0.803. The van der Waals surface area contributed by atoms with E-state index in [2.05, 4.69) is 0 Å². The molecule has 0 aliphatic rings. The molecule has 0 atom stereocenters. The smallest absolute Gasteiger partial charge is 0.275 e. The first-order valence-electron chi connectivity index (χ1n) is 7.71. The number of phenolic OH excluding ortho intramolecular Hbond substituents is 1. The summed E-state index contributed by atoms with van der Waals surface area (Å²) in [5, 5.41) is 9.71.